The molecule has 5 rings (SSSR count). The fraction of sp³-hybridized carbons (Fsp3) is 0.321. The Kier molecular flexibility index (Phi) is 7.78. The number of amides is 2. The smallest absolute Gasteiger partial charge is 0.251 e. The van der Waals surface area contributed by atoms with Crippen molar-refractivity contribution in [2.45, 2.75) is 51.2 Å². The first-order valence-corrected chi connectivity index (χ1v) is 13.5. The summed E-state index contributed by atoms with van der Waals surface area (Å²) in [5, 5.41) is 17.7. The number of anilines is 1. The monoisotopic (exact) mass is 530 g/mol. The lowest BCUT2D eigenvalue weighted by Gasteiger charge is -2.32. The Hall–Kier alpha value is -4.05. The summed E-state index contributed by atoms with van der Waals surface area (Å²) in [5.41, 5.74) is 2.32. The second kappa shape index (κ2) is 11.6. The second-order valence-electron chi connectivity index (χ2n) is 9.39. The van der Waals surface area contributed by atoms with Crippen LogP contribution in [0, 0.1) is 6.92 Å². The van der Waals surface area contributed by atoms with E-state index in [1.54, 1.807) is 31.4 Å². The van der Waals surface area contributed by atoms with E-state index in [-0.39, 0.29) is 24.4 Å². The van der Waals surface area contributed by atoms with Gasteiger partial charge in [-0.25, -0.2) is 0 Å². The zero-order valence-corrected chi connectivity index (χ0v) is 22.2. The minimum atomic E-state index is -0.893. The lowest BCUT2D eigenvalue weighted by Crippen LogP contribution is -2.47. The number of thiophene rings is 1. The van der Waals surface area contributed by atoms with E-state index < -0.39 is 6.04 Å². The molecule has 0 bridgehead atoms. The lowest BCUT2D eigenvalue weighted by atomic mass is 10.0. The summed E-state index contributed by atoms with van der Waals surface area (Å²) >= 11 is 1.50. The first-order valence-electron chi connectivity index (χ1n) is 12.7. The van der Waals surface area contributed by atoms with Gasteiger partial charge in [-0.05, 0) is 54.1 Å². The molecule has 0 aliphatic heterocycles. The van der Waals surface area contributed by atoms with Crippen LogP contribution >= 0.6 is 11.3 Å². The second-order valence-corrected chi connectivity index (χ2v) is 10.3. The van der Waals surface area contributed by atoms with Gasteiger partial charge >= 0.3 is 0 Å². The first kappa shape index (κ1) is 25.6. The molecule has 10 heteroatoms. The third-order valence-corrected chi connectivity index (χ3v) is 7.54. The van der Waals surface area contributed by atoms with Crippen molar-refractivity contribution >= 4 is 28.8 Å². The molecule has 0 spiro atoms. The summed E-state index contributed by atoms with van der Waals surface area (Å²) in [5.74, 6) is 0.469. The van der Waals surface area contributed by atoms with Gasteiger partial charge < -0.3 is 10.1 Å². The number of carbonyl (C=O) groups is 2. The van der Waals surface area contributed by atoms with Crippen LogP contribution in [-0.2, 0) is 16.1 Å². The van der Waals surface area contributed by atoms with Gasteiger partial charge in [0.25, 0.3) is 5.91 Å². The Balaban J connectivity index is 1.53. The van der Waals surface area contributed by atoms with Crippen molar-refractivity contribution in [3.05, 3.63) is 77.2 Å². The van der Waals surface area contributed by atoms with Crippen molar-refractivity contribution in [3.63, 3.8) is 0 Å². The van der Waals surface area contributed by atoms with E-state index in [1.807, 2.05) is 48.7 Å². The van der Waals surface area contributed by atoms with Crippen molar-refractivity contribution < 1.29 is 14.3 Å². The van der Waals surface area contributed by atoms with Crippen molar-refractivity contribution in [1.82, 2.24) is 25.5 Å². The third kappa shape index (κ3) is 5.75. The van der Waals surface area contributed by atoms with E-state index in [1.165, 1.54) is 21.0 Å². The molecule has 0 radical (unpaired) electrons. The average Bonchev–Trinajstić information content (AvgIpc) is 3.71. The van der Waals surface area contributed by atoms with E-state index in [2.05, 4.69) is 20.7 Å². The molecule has 1 N–H and O–H groups in total. The Morgan fingerprint density at radius 2 is 1.92 bits per heavy atom. The predicted molar refractivity (Wildman–Crippen MR) is 146 cm³/mol. The van der Waals surface area contributed by atoms with Crippen molar-refractivity contribution in [2.75, 3.05) is 12.0 Å². The normalized spacial score (nSPS) is 14.3. The van der Waals surface area contributed by atoms with Gasteiger partial charge in [0.05, 0.1) is 12.0 Å². The molecule has 2 amide bonds. The molecule has 38 heavy (non-hydrogen) atoms. The average molecular weight is 531 g/mol. The number of ether oxygens (including phenoxy) is 1. The van der Waals surface area contributed by atoms with E-state index >= 15 is 0 Å². The molecule has 1 aliphatic carbocycles. The summed E-state index contributed by atoms with van der Waals surface area (Å²) in [6.07, 6.45) is 4.05. The molecule has 0 unspecified atom stereocenters. The van der Waals surface area contributed by atoms with E-state index in [0.29, 0.717) is 22.8 Å². The fourth-order valence-corrected chi connectivity index (χ4v) is 5.37. The molecular weight excluding hydrogens is 500 g/mol. The Bertz CT molecular complexity index is 1380. The zero-order chi connectivity index (χ0) is 26.5. The maximum absolute atomic E-state index is 14.0. The van der Waals surface area contributed by atoms with Gasteiger partial charge in [0.1, 0.15) is 18.3 Å². The number of aromatic nitrogens is 4. The van der Waals surface area contributed by atoms with Crippen molar-refractivity contribution in [3.8, 4) is 16.5 Å². The van der Waals surface area contributed by atoms with Crippen molar-refractivity contribution in [1.29, 1.82) is 0 Å². The summed E-state index contributed by atoms with van der Waals surface area (Å²) < 4.78 is 5.44. The highest BCUT2D eigenvalue weighted by Crippen LogP contribution is 2.32. The zero-order valence-electron chi connectivity index (χ0n) is 21.4. The molecule has 1 aliphatic rings. The SMILES string of the molecule is COc1cccc(N(C(=O)Cn2nnc(-c3cccs3)n2)[C@@H](C(=O)NC2CCCC2)c2ccc(C)cc2)c1. The van der Waals surface area contributed by atoms with Crippen LogP contribution in [0.5, 0.6) is 5.75 Å². The summed E-state index contributed by atoms with van der Waals surface area (Å²) in [6.45, 7) is 1.80. The van der Waals surface area contributed by atoms with Crippen molar-refractivity contribution in [2.24, 2.45) is 0 Å². The number of benzene rings is 2. The molecule has 9 nitrogen and oxygen atoms in total. The molecule has 2 aromatic carbocycles. The van der Waals surface area contributed by atoms with E-state index in [9.17, 15) is 9.59 Å². The van der Waals surface area contributed by atoms with Gasteiger partial charge in [-0.2, -0.15) is 4.80 Å². The summed E-state index contributed by atoms with van der Waals surface area (Å²) in [6, 6.07) is 17.9. The highest BCUT2D eigenvalue weighted by atomic mass is 32.1. The molecule has 196 valence electrons. The number of carbonyl (C=O) groups excluding carboxylic acids is 2. The Labute approximate surface area is 225 Å². The van der Waals surface area contributed by atoms with Crippen LogP contribution in [0.25, 0.3) is 10.7 Å². The molecule has 1 fully saturated rings. The topological polar surface area (TPSA) is 102 Å². The number of hydrogen-bond acceptors (Lipinski definition) is 7. The number of methoxy groups -OCH3 is 1. The maximum Gasteiger partial charge on any atom is 0.251 e. The predicted octanol–water partition coefficient (Wildman–Crippen LogP) is 4.55. The largest absolute Gasteiger partial charge is 0.497 e. The minimum absolute atomic E-state index is 0.100. The minimum Gasteiger partial charge on any atom is -0.497 e. The lowest BCUT2D eigenvalue weighted by molar-refractivity contribution is -0.127. The summed E-state index contributed by atoms with van der Waals surface area (Å²) in [7, 11) is 1.57. The maximum atomic E-state index is 14.0. The number of nitrogens with one attached hydrogen (secondary N) is 1. The van der Waals surface area contributed by atoms with Crippen LogP contribution in [0.1, 0.15) is 42.9 Å². The number of nitrogens with zero attached hydrogens (tertiary/aromatic N) is 5. The van der Waals surface area contributed by atoms with Gasteiger partial charge in [-0.15, -0.1) is 21.5 Å². The standard InChI is InChI=1S/C28H30N6O3S/c1-19-12-14-20(15-13-19)26(28(36)29-21-7-3-4-8-21)34(22-9-5-10-23(17-22)37-2)25(35)18-33-31-27(30-32-33)24-11-6-16-38-24/h5-6,9-17,21,26H,3-4,7-8,18H2,1-2H3,(H,29,36)/t26-/m1/s1. The number of rotatable bonds is 9. The van der Waals surface area contributed by atoms with Gasteiger partial charge in [0.2, 0.25) is 11.7 Å². The van der Waals surface area contributed by atoms with Gasteiger partial charge in [-0.3, -0.25) is 14.5 Å². The molecule has 2 heterocycles. The van der Waals surface area contributed by atoms with Crippen LogP contribution in [0.2, 0.25) is 0 Å². The van der Waals surface area contributed by atoms with Crippen LogP contribution in [-0.4, -0.2) is 45.2 Å². The highest BCUT2D eigenvalue weighted by Gasteiger charge is 2.35. The number of hydrogen-bond donors (Lipinski definition) is 1. The number of tetrazole rings is 1. The Morgan fingerprint density at radius 3 is 2.63 bits per heavy atom. The molecule has 0 saturated heterocycles. The fourth-order valence-electron chi connectivity index (χ4n) is 4.73. The van der Waals surface area contributed by atoms with E-state index in [0.717, 1.165) is 36.1 Å². The van der Waals surface area contributed by atoms with Gasteiger partial charge in [-0.1, -0.05) is 54.8 Å². The quantitative estimate of drug-likeness (QED) is 0.341. The molecule has 1 atom stereocenters. The van der Waals surface area contributed by atoms with Crippen LogP contribution in [0.15, 0.2) is 66.0 Å². The van der Waals surface area contributed by atoms with E-state index in [4.69, 9.17) is 4.74 Å². The van der Waals surface area contributed by atoms with Gasteiger partial charge in [0.15, 0.2) is 0 Å². The van der Waals surface area contributed by atoms with Gasteiger partial charge in [0, 0.05) is 17.8 Å². The van der Waals surface area contributed by atoms with Crippen LogP contribution in [0.4, 0.5) is 5.69 Å². The molecule has 2 aromatic heterocycles. The first-order chi connectivity index (χ1) is 18.5. The molecular formula is C28H30N6O3S. The van der Waals surface area contributed by atoms with Crippen LogP contribution in [0.3, 0.4) is 0 Å². The Morgan fingerprint density at radius 1 is 1.13 bits per heavy atom. The molecule has 4 aromatic rings. The van der Waals surface area contributed by atoms with Crippen LogP contribution < -0.4 is 15.0 Å². The molecule has 1 saturated carbocycles. The number of aryl methyl sites for hydroxylation is 1. The summed E-state index contributed by atoms with van der Waals surface area (Å²) in [4.78, 5) is 31.5. The highest BCUT2D eigenvalue weighted by molar-refractivity contribution is 7.13. The third-order valence-electron chi connectivity index (χ3n) is 6.67.